The van der Waals surface area contributed by atoms with Crippen LogP contribution in [-0.4, -0.2) is 81.2 Å². The van der Waals surface area contributed by atoms with Crippen molar-refractivity contribution in [2.45, 2.75) is 18.6 Å². The summed E-state index contributed by atoms with van der Waals surface area (Å²) in [5, 5.41) is 2.81. The van der Waals surface area contributed by atoms with Gasteiger partial charge < -0.3 is 28.9 Å². The van der Waals surface area contributed by atoms with E-state index in [0.29, 0.717) is 32.0 Å². The van der Waals surface area contributed by atoms with E-state index >= 15 is 0 Å². The summed E-state index contributed by atoms with van der Waals surface area (Å²) in [6.07, 6.45) is 1.45. The Morgan fingerprint density at radius 1 is 1.06 bits per heavy atom. The molecule has 0 aliphatic carbocycles. The average molecular weight is 445 g/mol. The number of benzene rings is 1. The molecule has 3 aliphatic rings. The molecule has 1 aromatic heterocycles. The number of anilines is 2. The molecule has 3 fully saturated rings. The fourth-order valence-corrected chi connectivity index (χ4v) is 5.32. The van der Waals surface area contributed by atoms with Crippen LogP contribution in [0.2, 0.25) is 0 Å². The molecule has 0 radical (unpaired) electrons. The number of rotatable bonds is 4. The molecule has 8 nitrogen and oxygen atoms in total. The molecule has 1 spiro atoms. The molecule has 3 aliphatic heterocycles. The lowest BCUT2D eigenvalue weighted by atomic mass is 10.0. The van der Waals surface area contributed by atoms with Crippen LogP contribution in [-0.2, 0) is 9.47 Å². The zero-order chi connectivity index (χ0) is 21.3. The summed E-state index contributed by atoms with van der Waals surface area (Å²) in [5.74, 6) is 0.412. The van der Waals surface area contributed by atoms with Crippen molar-refractivity contribution in [3.63, 3.8) is 0 Å². The van der Waals surface area contributed by atoms with Crippen LogP contribution in [0.25, 0.3) is 0 Å². The van der Waals surface area contributed by atoms with Crippen molar-refractivity contribution in [1.29, 1.82) is 0 Å². The molecular weight excluding hydrogens is 416 g/mol. The van der Waals surface area contributed by atoms with Crippen molar-refractivity contribution in [1.82, 2.24) is 9.88 Å². The molecule has 1 aromatic carbocycles. The molecule has 3 saturated heterocycles. The number of amides is 1. The number of piperidine rings is 1. The Kier molecular flexibility index (Phi) is 5.73. The van der Waals surface area contributed by atoms with E-state index in [9.17, 15) is 4.79 Å². The summed E-state index contributed by atoms with van der Waals surface area (Å²) in [5.41, 5.74) is 1.71. The lowest BCUT2D eigenvalue weighted by Crippen LogP contribution is -2.47. The van der Waals surface area contributed by atoms with Crippen LogP contribution in [0.1, 0.15) is 23.3 Å². The Morgan fingerprint density at radius 3 is 2.48 bits per heavy atom. The first-order chi connectivity index (χ1) is 15.2. The van der Waals surface area contributed by atoms with E-state index in [1.165, 1.54) is 5.69 Å². The van der Waals surface area contributed by atoms with Gasteiger partial charge in [-0.1, -0.05) is 6.07 Å². The van der Waals surface area contributed by atoms with Gasteiger partial charge in [-0.15, -0.1) is 11.3 Å². The minimum atomic E-state index is -0.466. The fraction of sp³-hybridized carbons (Fsp3) is 0.545. The minimum Gasteiger partial charge on any atom is -0.497 e. The predicted molar refractivity (Wildman–Crippen MR) is 119 cm³/mol. The number of hydrogen-bond donors (Lipinski definition) is 0. The van der Waals surface area contributed by atoms with Gasteiger partial charge in [-0.3, -0.25) is 4.79 Å². The molecule has 5 rings (SSSR count). The van der Waals surface area contributed by atoms with Crippen LogP contribution < -0.4 is 14.5 Å². The quantitative estimate of drug-likeness (QED) is 0.718. The zero-order valence-corrected chi connectivity index (χ0v) is 18.6. The molecule has 0 bridgehead atoms. The Bertz CT molecular complexity index is 912. The Hall–Kier alpha value is -2.36. The third kappa shape index (κ3) is 4.22. The van der Waals surface area contributed by atoms with Crippen LogP contribution in [0.5, 0.6) is 5.75 Å². The Labute approximate surface area is 186 Å². The standard InChI is InChI=1S/C22H28N4O4S/c1-28-18-4-2-3-17(15-18)24-9-11-26(12-10-24)21-23-19(16-31-21)20(27)25-7-5-22(6-8-25)29-13-14-30-22/h2-4,15-16H,5-14H2,1H3. The van der Waals surface area contributed by atoms with Gasteiger partial charge in [0.2, 0.25) is 0 Å². The van der Waals surface area contributed by atoms with Gasteiger partial charge in [-0.2, -0.15) is 0 Å². The molecule has 0 N–H and O–H groups in total. The second-order valence-electron chi connectivity index (χ2n) is 8.09. The second kappa shape index (κ2) is 8.64. The SMILES string of the molecule is COc1cccc(N2CCN(c3nc(C(=O)N4CCC5(CC4)OCCO5)cs3)CC2)c1. The van der Waals surface area contributed by atoms with Gasteiger partial charge >= 0.3 is 0 Å². The van der Waals surface area contributed by atoms with Crippen molar-refractivity contribution in [3.8, 4) is 5.75 Å². The van der Waals surface area contributed by atoms with Crippen LogP contribution in [0, 0.1) is 0 Å². The third-order valence-corrected chi connectivity index (χ3v) is 7.21. The molecule has 9 heteroatoms. The highest BCUT2D eigenvalue weighted by atomic mass is 32.1. The molecule has 0 atom stereocenters. The minimum absolute atomic E-state index is 0.00497. The van der Waals surface area contributed by atoms with Gasteiger partial charge in [-0.25, -0.2) is 4.98 Å². The molecule has 0 unspecified atom stereocenters. The molecule has 31 heavy (non-hydrogen) atoms. The number of nitrogens with zero attached hydrogens (tertiary/aromatic N) is 4. The van der Waals surface area contributed by atoms with Crippen LogP contribution in [0.15, 0.2) is 29.6 Å². The van der Waals surface area contributed by atoms with Crippen molar-refractivity contribution in [2.24, 2.45) is 0 Å². The summed E-state index contributed by atoms with van der Waals surface area (Å²) in [6.45, 7) is 6.14. The fourth-order valence-electron chi connectivity index (χ4n) is 4.47. The van der Waals surface area contributed by atoms with Crippen LogP contribution in [0.3, 0.4) is 0 Å². The monoisotopic (exact) mass is 444 g/mol. The number of carbonyl (C=O) groups is 1. The van der Waals surface area contributed by atoms with E-state index < -0.39 is 5.79 Å². The number of likely N-dealkylation sites (tertiary alicyclic amines) is 1. The molecule has 2 aromatic rings. The molecule has 166 valence electrons. The summed E-state index contributed by atoms with van der Waals surface area (Å²) < 4.78 is 16.9. The summed E-state index contributed by atoms with van der Waals surface area (Å²) in [4.78, 5) is 24.1. The van der Waals surface area contributed by atoms with E-state index in [2.05, 4.69) is 26.9 Å². The normalized spacial score (nSPS) is 21.0. The summed E-state index contributed by atoms with van der Waals surface area (Å²) >= 11 is 1.55. The van der Waals surface area contributed by atoms with E-state index in [-0.39, 0.29) is 5.91 Å². The predicted octanol–water partition coefficient (Wildman–Crippen LogP) is 2.46. The highest BCUT2D eigenvalue weighted by Crippen LogP contribution is 2.32. The van der Waals surface area contributed by atoms with Crippen molar-refractivity contribution < 1.29 is 19.0 Å². The number of piperazine rings is 1. The van der Waals surface area contributed by atoms with Gasteiger partial charge in [0.15, 0.2) is 10.9 Å². The van der Waals surface area contributed by atoms with Crippen molar-refractivity contribution >= 4 is 28.1 Å². The number of carbonyl (C=O) groups excluding carboxylic acids is 1. The number of hydrogen-bond acceptors (Lipinski definition) is 8. The van der Waals surface area contributed by atoms with Gasteiger partial charge in [0, 0.05) is 69.2 Å². The largest absolute Gasteiger partial charge is 0.497 e. The number of ether oxygens (including phenoxy) is 3. The lowest BCUT2D eigenvalue weighted by molar-refractivity contribution is -0.181. The van der Waals surface area contributed by atoms with Gasteiger partial charge in [0.05, 0.1) is 20.3 Å². The second-order valence-corrected chi connectivity index (χ2v) is 8.93. The van der Waals surface area contributed by atoms with Crippen LogP contribution >= 0.6 is 11.3 Å². The summed E-state index contributed by atoms with van der Waals surface area (Å²) in [7, 11) is 1.69. The van der Waals surface area contributed by atoms with E-state index in [0.717, 1.165) is 49.9 Å². The van der Waals surface area contributed by atoms with Crippen molar-refractivity contribution in [3.05, 3.63) is 35.3 Å². The highest BCUT2D eigenvalue weighted by Gasteiger charge is 2.41. The first kappa shape index (κ1) is 20.5. The maximum absolute atomic E-state index is 12.9. The zero-order valence-electron chi connectivity index (χ0n) is 17.8. The first-order valence-electron chi connectivity index (χ1n) is 10.8. The molecule has 0 saturated carbocycles. The number of methoxy groups -OCH3 is 1. The van der Waals surface area contributed by atoms with Gasteiger partial charge in [0.25, 0.3) is 5.91 Å². The number of aromatic nitrogens is 1. The lowest BCUT2D eigenvalue weighted by Gasteiger charge is -2.37. The maximum Gasteiger partial charge on any atom is 0.273 e. The maximum atomic E-state index is 12.9. The molecule has 1 amide bonds. The Balaban J connectivity index is 1.17. The van der Waals surface area contributed by atoms with E-state index in [1.807, 2.05) is 22.4 Å². The molecular formula is C22H28N4O4S. The van der Waals surface area contributed by atoms with E-state index in [1.54, 1.807) is 18.4 Å². The van der Waals surface area contributed by atoms with E-state index in [4.69, 9.17) is 14.2 Å². The van der Waals surface area contributed by atoms with Gasteiger partial charge in [-0.05, 0) is 12.1 Å². The highest BCUT2D eigenvalue weighted by molar-refractivity contribution is 7.13. The topological polar surface area (TPSA) is 67.4 Å². The Morgan fingerprint density at radius 2 is 1.77 bits per heavy atom. The third-order valence-electron chi connectivity index (χ3n) is 6.31. The average Bonchev–Trinajstić information content (AvgIpc) is 3.50. The first-order valence-corrected chi connectivity index (χ1v) is 11.7. The van der Waals surface area contributed by atoms with Crippen molar-refractivity contribution in [2.75, 3.05) is 69.4 Å². The number of thiazole rings is 1. The summed E-state index contributed by atoms with van der Waals surface area (Å²) in [6, 6.07) is 8.17. The molecule has 4 heterocycles. The smallest absolute Gasteiger partial charge is 0.273 e. The van der Waals surface area contributed by atoms with Crippen LogP contribution in [0.4, 0.5) is 10.8 Å². The van der Waals surface area contributed by atoms with Gasteiger partial charge in [0.1, 0.15) is 11.4 Å².